The molecule has 120 valence electrons. The molecule has 0 aromatic carbocycles. The number of nitrogens with one attached hydrogen (secondary N) is 1. The van der Waals surface area contributed by atoms with Gasteiger partial charge >= 0.3 is 0 Å². The van der Waals surface area contributed by atoms with Crippen molar-refractivity contribution >= 4 is 29.9 Å². The van der Waals surface area contributed by atoms with Crippen LogP contribution in [0.25, 0.3) is 0 Å². The summed E-state index contributed by atoms with van der Waals surface area (Å²) in [4.78, 5) is 9.20. The smallest absolute Gasteiger partial charge is 0.188 e. The fourth-order valence-electron chi connectivity index (χ4n) is 2.23. The zero-order valence-electron chi connectivity index (χ0n) is 13.0. The van der Waals surface area contributed by atoms with Gasteiger partial charge in [-0.15, -0.1) is 24.0 Å². The minimum Gasteiger partial charge on any atom is -0.383 e. The van der Waals surface area contributed by atoms with E-state index in [1.807, 2.05) is 6.92 Å². The van der Waals surface area contributed by atoms with Gasteiger partial charge in [-0.1, -0.05) is 0 Å². The highest BCUT2D eigenvalue weighted by Gasteiger charge is 2.11. The van der Waals surface area contributed by atoms with Crippen LogP contribution in [0.5, 0.6) is 0 Å². The number of methoxy groups -OCH3 is 1. The first-order chi connectivity index (χ1) is 9.11. The molecule has 1 atom stereocenters. The Hall–Kier alpha value is -0.120. The van der Waals surface area contributed by atoms with Crippen LogP contribution in [0.1, 0.15) is 13.3 Å². The zero-order chi connectivity index (χ0) is 14.1. The quantitative estimate of drug-likeness (QED) is 0.379. The number of nitrogens with two attached hydrogens (primary N) is 1. The second-order valence-electron chi connectivity index (χ2n) is 5.27. The van der Waals surface area contributed by atoms with Gasteiger partial charge in [-0.3, -0.25) is 4.99 Å². The van der Waals surface area contributed by atoms with Gasteiger partial charge in [0.05, 0.1) is 13.2 Å². The van der Waals surface area contributed by atoms with E-state index in [4.69, 9.17) is 10.5 Å². The van der Waals surface area contributed by atoms with Crippen molar-refractivity contribution in [2.45, 2.75) is 19.4 Å². The van der Waals surface area contributed by atoms with Crippen LogP contribution >= 0.6 is 24.0 Å². The summed E-state index contributed by atoms with van der Waals surface area (Å²) in [6.45, 7) is 9.01. The first-order valence-electron chi connectivity index (χ1n) is 7.08. The number of halogens is 1. The van der Waals surface area contributed by atoms with Crippen molar-refractivity contribution in [3.05, 3.63) is 0 Å². The number of guanidine groups is 1. The van der Waals surface area contributed by atoms with Gasteiger partial charge in [-0.05, 0) is 33.5 Å². The van der Waals surface area contributed by atoms with E-state index in [9.17, 15) is 0 Å². The lowest BCUT2D eigenvalue weighted by Gasteiger charge is -2.19. The number of likely N-dealkylation sites (N-methyl/N-ethyl adjacent to an activating group) is 1. The Kier molecular flexibility index (Phi) is 11.5. The van der Waals surface area contributed by atoms with Crippen LogP contribution in [0.2, 0.25) is 0 Å². The zero-order valence-corrected chi connectivity index (χ0v) is 15.3. The van der Waals surface area contributed by atoms with Gasteiger partial charge in [0.2, 0.25) is 0 Å². The molecular weight excluding hydrogens is 369 g/mol. The molecule has 1 rings (SSSR count). The third-order valence-corrected chi connectivity index (χ3v) is 3.32. The van der Waals surface area contributed by atoms with Gasteiger partial charge in [0.25, 0.3) is 0 Å². The number of rotatable bonds is 6. The molecular formula is C13H30IN5O. The van der Waals surface area contributed by atoms with Crippen LogP contribution in [0.4, 0.5) is 0 Å². The standard InChI is InChI=1S/C13H29N5O.HI/c1-12(11-19-3)16-13(14)15-5-8-18-7-4-6-17(2)9-10-18;/h12H,4-11H2,1-3H3,(H3,14,15,16);1H. The van der Waals surface area contributed by atoms with Crippen LogP contribution in [-0.4, -0.2) is 81.8 Å². The van der Waals surface area contributed by atoms with Gasteiger partial charge in [-0.25, -0.2) is 0 Å². The summed E-state index contributed by atoms with van der Waals surface area (Å²) in [7, 11) is 3.86. The van der Waals surface area contributed by atoms with Crippen LogP contribution < -0.4 is 11.1 Å². The lowest BCUT2D eigenvalue weighted by atomic mass is 10.4. The Morgan fingerprint density at radius 3 is 2.80 bits per heavy atom. The molecule has 1 unspecified atom stereocenters. The highest BCUT2D eigenvalue weighted by atomic mass is 127. The highest BCUT2D eigenvalue weighted by Crippen LogP contribution is 2.00. The third kappa shape index (κ3) is 8.93. The van der Waals surface area contributed by atoms with E-state index in [2.05, 4.69) is 27.2 Å². The Bertz CT molecular complexity index is 277. The summed E-state index contributed by atoms with van der Waals surface area (Å²) in [5.74, 6) is 0.511. The molecule has 0 bridgehead atoms. The maximum absolute atomic E-state index is 5.83. The van der Waals surface area contributed by atoms with E-state index in [0.717, 1.165) is 32.7 Å². The summed E-state index contributed by atoms with van der Waals surface area (Å²) in [6, 6.07) is 0.195. The fraction of sp³-hybridized carbons (Fsp3) is 0.923. The van der Waals surface area contributed by atoms with Crippen LogP contribution in [0.3, 0.4) is 0 Å². The van der Waals surface area contributed by atoms with Gasteiger partial charge in [-0.2, -0.15) is 0 Å². The van der Waals surface area contributed by atoms with E-state index in [1.54, 1.807) is 7.11 Å². The monoisotopic (exact) mass is 399 g/mol. The molecule has 0 radical (unpaired) electrons. The molecule has 1 saturated heterocycles. The molecule has 0 aromatic heterocycles. The average molecular weight is 399 g/mol. The van der Waals surface area contributed by atoms with Crippen LogP contribution in [0, 0.1) is 0 Å². The third-order valence-electron chi connectivity index (χ3n) is 3.32. The number of hydrogen-bond acceptors (Lipinski definition) is 4. The second-order valence-corrected chi connectivity index (χ2v) is 5.27. The molecule has 1 aliphatic rings. The summed E-state index contributed by atoms with van der Waals surface area (Å²) in [5, 5.41) is 3.11. The predicted molar refractivity (Wildman–Crippen MR) is 94.9 cm³/mol. The Morgan fingerprint density at radius 2 is 2.10 bits per heavy atom. The van der Waals surface area contributed by atoms with E-state index < -0.39 is 0 Å². The molecule has 0 saturated carbocycles. The maximum Gasteiger partial charge on any atom is 0.188 e. The number of hydrogen-bond donors (Lipinski definition) is 2. The van der Waals surface area contributed by atoms with E-state index in [1.165, 1.54) is 13.0 Å². The van der Waals surface area contributed by atoms with Crippen LogP contribution in [0.15, 0.2) is 4.99 Å². The molecule has 1 heterocycles. The minimum atomic E-state index is 0. The molecule has 0 aliphatic carbocycles. The summed E-state index contributed by atoms with van der Waals surface area (Å²) >= 11 is 0. The van der Waals surface area contributed by atoms with Crippen molar-refractivity contribution < 1.29 is 4.74 Å². The van der Waals surface area contributed by atoms with Crippen molar-refractivity contribution in [1.82, 2.24) is 15.1 Å². The number of nitrogens with zero attached hydrogens (tertiary/aromatic N) is 3. The molecule has 1 fully saturated rings. The van der Waals surface area contributed by atoms with Crippen molar-refractivity contribution in [1.29, 1.82) is 0 Å². The molecule has 0 aromatic rings. The lowest BCUT2D eigenvalue weighted by Crippen LogP contribution is -2.41. The molecule has 6 nitrogen and oxygen atoms in total. The van der Waals surface area contributed by atoms with E-state index in [-0.39, 0.29) is 30.0 Å². The highest BCUT2D eigenvalue weighted by molar-refractivity contribution is 14.0. The van der Waals surface area contributed by atoms with Gasteiger partial charge in [0.15, 0.2) is 5.96 Å². The average Bonchev–Trinajstić information content (AvgIpc) is 2.54. The fourth-order valence-corrected chi connectivity index (χ4v) is 2.23. The minimum absolute atomic E-state index is 0. The summed E-state index contributed by atoms with van der Waals surface area (Å²) < 4.78 is 5.04. The second kappa shape index (κ2) is 11.5. The largest absolute Gasteiger partial charge is 0.383 e. The van der Waals surface area contributed by atoms with Gasteiger partial charge in [0.1, 0.15) is 0 Å². The van der Waals surface area contributed by atoms with E-state index >= 15 is 0 Å². The maximum atomic E-state index is 5.83. The lowest BCUT2D eigenvalue weighted by molar-refractivity contribution is 0.179. The molecule has 3 N–H and O–H groups in total. The summed E-state index contributed by atoms with van der Waals surface area (Å²) in [5.41, 5.74) is 5.83. The van der Waals surface area contributed by atoms with Crippen molar-refractivity contribution in [2.24, 2.45) is 10.7 Å². The van der Waals surface area contributed by atoms with Crippen molar-refractivity contribution in [3.8, 4) is 0 Å². The molecule has 0 amide bonds. The Morgan fingerprint density at radius 1 is 1.35 bits per heavy atom. The Labute approximate surface area is 140 Å². The molecule has 0 spiro atoms. The predicted octanol–water partition coefficient (Wildman–Crippen LogP) is 0.181. The number of aliphatic imine (C=N–C) groups is 1. The number of ether oxygens (including phenoxy) is 1. The Balaban J connectivity index is 0.00000361. The van der Waals surface area contributed by atoms with Crippen LogP contribution in [-0.2, 0) is 4.74 Å². The molecule has 1 aliphatic heterocycles. The summed E-state index contributed by atoms with van der Waals surface area (Å²) in [6.07, 6.45) is 1.23. The van der Waals surface area contributed by atoms with Crippen molar-refractivity contribution in [3.63, 3.8) is 0 Å². The first-order valence-corrected chi connectivity index (χ1v) is 7.08. The van der Waals surface area contributed by atoms with Gasteiger partial charge in [0, 0.05) is 32.8 Å². The molecule has 7 heteroatoms. The SMILES string of the molecule is COCC(C)NC(N)=NCCN1CCCN(C)CC1.I. The normalized spacial score (nSPS) is 20.1. The van der Waals surface area contributed by atoms with E-state index in [0.29, 0.717) is 12.6 Å². The first kappa shape index (κ1) is 19.9. The molecule has 20 heavy (non-hydrogen) atoms. The van der Waals surface area contributed by atoms with Gasteiger partial charge < -0.3 is 25.6 Å². The van der Waals surface area contributed by atoms with Crippen molar-refractivity contribution in [2.75, 3.05) is 60.0 Å². The topological polar surface area (TPSA) is 66.1 Å².